The van der Waals surface area contributed by atoms with Crippen LogP contribution in [-0.4, -0.2) is 24.3 Å². The highest BCUT2D eigenvalue weighted by molar-refractivity contribution is 5.67. The van der Waals surface area contributed by atoms with Gasteiger partial charge in [0.25, 0.3) is 0 Å². The molecule has 0 radical (unpaired) electrons. The summed E-state index contributed by atoms with van der Waals surface area (Å²) in [5, 5.41) is 6.45. The average molecular weight is 322 g/mol. The molecule has 5 nitrogen and oxygen atoms in total. The van der Waals surface area contributed by atoms with E-state index in [2.05, 4.69) is 10.6 Å². The van der Waals surface area contributed by atoms with Crippen molar-refractivity contribution in [1.29, 1.82) is 0 Å². The number of amides is 1. The lowest BCUT2D eigenvalue weighted by molar-refractivity contribution is 0.0518. The van der Waals surface area contributed by atoms with Gasteiger partial charge in [0.15, 0.2) is 0 Å². The molecule has 2 N–H and O–H groups in total. The molecule has 0 aromatic carbocycles. The van der Waals surface area contributed by atoms with E-state index in [1.807, 2.05) is 39.8 Å². The number of aryl methyl sites for hydroxylation is 1. The van der Waals surface area contributed by atoms with Crippen molar-refractivity contribution >= 4 is 6.09 Å². The van der Waals surface area contributed by atoms with Gasteiger partial charge in [0.2, 0.25) is 0 Å². The topological polar surface area (TPSA) is 63.5 Å². The Morgan fingerprint density at radius 2 is 2.04 bits per heavy atom. The van der Waals surface area contributed by atoms with Gasteiger partial charge in [-0.1, -0.05) is 12.8 Å². The van der Waals surface area contributed by atoms with Crippen LogP contribution in [0.5, 0.6) is 0 Å². The molecule has 1 aromatic heterocycles. The predicted molar refractivity (Wildman–Crippen MR) is 90.3 cm³/mol. The molecular weight excluding hydrogens is 292 g/mol. The quantitative estimate of drug-likeness (QED) is 0.837. The minimum absolute atomic E-state index is 0.246. The largest absolute Gasteiger partial charge is 0.465 e. The van der Waals surface area contributed by atoms with Crippen molar-refractivity contribution in [3.05, 3.63) is 23.7 Å². The van der Waals surface area contributed by atoms with Crippen molar-refractivity contribution in [1.82, 2.24) is 10.6 Å². The molecule has 2 rings (SSSR count). The van der Waals surface area contributed by atoms with Gasteiger partial charge in [-0.05, 0) is 58.6 Å². The summed E-state index contributed by atoms with van der Waals surface area (Å²) in [4.78, 5) is 11.9. The Kier molecular flexibility index (Phi) is 6.10. The minimum atomic E-state index is -0.466. The molecule has 1 aromatic rings. The van der Waals surface area contributed by atoms with Crippen LogP contribution in [0.25, 0.3) is 0 Å². The monoisotopic (exact) mass is 322 g/mol. The summed E-state index contributed by atoms with van der Waals surface area (Å²) < 4.78 is 10.9. The summed E-state index contributed by atoms with van der Waals surface area (Å²) >= 11 is 0. The number of alkyl carbamates (subject to hydrolysis) is 1. The lowest BCUT2D eigenvalue weighted by Gasteiger charge is -2.26. The van der Waals surface area contributed by atoms with Gasteiger partial charge in [-0.25, -0.2) is 4.79 Å². The Morgan fingerprint density at radius 3 is 2.61 bits per heavy atom. The third-order valence-corrected chi connectivity index (χ3v) is 4.17. The van der Waals surface area contributed by atoms with Crippen LogP contribution in [0.3, 0.4) is 0 Å². The summed E-state index contributed by atoms with van der Waals surface area (Å²) in [6, 6.07) is 4.21. The molecule has 0 aliphatic heterocycles. The molecule has 1 amide bonds. The first-order valence-electron chi connectivity index (χ1n) is 8.59. The van der Waals surface area contributed by atoms with Crippen LogP contribution in [0.4, 0.5) is 4.79 Å². The number of hydrogen-bond acceptors (Lipinski definition) is 4. The first-order valence-corrected chi connectivity index (χ1v) is 8.59. The molecule has 0 saturated heterocycles. The standard InChI is InChI=1S/C18H30N2O3/c1-13-9-10-15(22-13)11-19-16(14-7-5-6-8-14)12-20-17(21)23-18(2,3)4/h9-10,14,16,19H,5-8,11-12H2,1-4H3,(H,20,21). The van der Waals surface area contributed by atoms with Gasteiger partial charge < -0.3 is 19.8 Å². The number of furan rings is 1. The van der Waals surface area contributed by atoms with E-state index in [9.17, 15) is 4.79 Å². The lowest BCUT2D eigenvalue weighted by Crippen LogP contribution is -2.45. The second-order valence-corrected chi connectivity index (χ2v) is 7.43. The molecule has 1 fully saturated rings. The minimum Gasteiger partial charge on any atom is -0.465 e. The van der Waals surface area contributed by atoms with E-state index in [-0.39, 0.29) is 12.1 Å². The second kappa shape index (κ2) is 7.86. The highest BCUT2D eigenvalue weighted by Gasteiger charge is 2.26. The number of rotatable bonds is 6. The van der Waals surface area contributed by atoms with E-state index in [1.165, 1.54) is 25.7 Å². The van der Waals surface area contributed by atoms with Crippen LogP contribution in [0.1, 0.15) is 58.0 Å². The van der Waals surface area contributed by atoms with Gasteiger partial charge >= 0.3 is 6.09 Å². The zero-order chi connectivity index (χ0) is 16.9. The summed E-state index contributed by atoms with van der Waals surface area (Å²) in [6.07, 6.45) is 4.62. The Morgan fingerprint density at radius 1 is 1.35 bits per heavy atom. The van der Waals surface area contributed by atoms with Crippen molar-refractivity contribution in [3.63, 3.8) is 0 Å². The maximum atomic E-state index is 11.9. The molecule has 1 saturated carbocycles. The van der Waals surface area contributed by atoms with Gasteiger partial charge in [0.1, 0.15) is 17.1 Å². The van der Waals surface area contributed by atoms with E-state index < -0.39 is 5.60 Å². The van der Waals surface area contributed by atoms with Gasteiger partial charge in [-0.2, -0.15) is 0 Å². The smallest absolute Gasteiger partial charge is 0.407 e. The normalized spacial score (nSPS) is 17.2. The number of nitrogens with one attached hydrogen (secondary N) is 2. The molecule has 1 unspecified atom stereocenters. The van der Waals surface area contributed by atoms with Crippen molar-refractivity contribution < 1.29 is 13.9 Å². The molecule has 1 aliphatic rings. The highest BCUT2D eigenvalue weighted by atomic mass is 16.6. The van der Waals surface area contributed by atoms with Gasteiger partial charge in [0.05, 0.1) is 6.54 Å². The fourth-order valence-corrected chi connectivity index (χ4v) is 3.08. The molecule has 5 heteroatoms. The SMILES string of the molecule is Cc1ccc(CNC(CNC(=O)OC(C)(C)C)C2CCCC2)o1. The molecule has 1 heterocycles. The number of carbonyl (C=O) groups excluding carboxylic acids is 1. The van der Waals surface area contributed by atoms with Crippen molar-refractivity contribution in [3.8, 4) is 0 Å². The maximum absolute atomic E-state index is 11.9. The molecule has 1 aliphatic carbocycles. The molecule has 1 atom stereocenters. The van der Waals surface area contributed by atoms with Crippen molar-refractivity contribution in [2.24, 2.45) is 5.92 Å². The Bertz CT molecular complexity index is 499. The second-order valence-electron chi connectivity index (χ2n) is 7.43. The molecule has 0 spiro atoms. The van der Waals surface area contributed by atoms with Crippen LogP contribution in [-0.2, 0) is 11.3 Å². The molecule has 0 bridgehead atoms. The zero-order valence-electron chi connectivity index (χ0n) is 14.8. The van der Waals surface area contributed by atoms with Crippen LogP contribution < -0.4 is 10.6 Å². The first-order chi connectivity index (χ1) is 10.8. The highest BCUT2D eigenvalue weighted by Crippen LogP contribution is 2.27. The van der Waals surface area contributed by atoms with Gasteiger partial charge in [-0.15, -0.1) is 0 Å². The van der Waals surface area contributed by atoms with Crippen LogP contribution >= 0.6 is 0 Å². The fourth-order valence-electron chi connectivity index (χ4n) is 3.08. The summed E-state index contributed by atoms with van der Waals surface area (Å²) in [7, 11) is 0. The van der Waals surface area contributed by atoms with Gasteiger partial charge in [0, 0.05) is 12.6 Å². The number of hydrogen-bond donors (Lipinski definition) is 2. The Balaban J connectivity index is 1.85. The van der Waals surface area contributed by atoms with E-state index >= 15 is 0 Å². The third kappa shape index (κ3) is 6.26. The van der Waals surface area contributed by atoms with E-state index in [0.717, 1.165) is 11.5 Å². The van der Waals surface area contributed by atoms with E-state index in [1.54, 1.807) is 0 Å². The first kappa shape index (κ1) is 17.9. The third-order valence-electron chi connectivity index (χ3n) is 4.17. The fraction of sp³-hybridized carbons (Fsp3) is 0.722. The van der Waals surface area contributed by atoms with Crippen LogP contribution in [0.2, 0.25) is 0 Å². The van der Waals surface area contributed by atoms with Crippen LogP contribution in [0, 0.1) is 12.8 Å². The lowest BCUT2D eigenvalue weighted by atomic mass is 9.98. The van der Waals surface area contributed by atoms with E-state index in [0.29, 0.717) is 19.0 Å². The number of ether oxygens (including phenoxy) is 1. The Labute approximate surface area is 139 Å². The zero-order valence-corrected chi connectivity index (χ0v) is 14.8. The summed E-state index contributed by atoms with van der Waals surface area (Å²) in [5.41, 5.74) is -0.466. The Hall–Kier alpha value is -1.49. The molecule has 130 valence electrons. The summed E-state index contributed by atoms with van der Waals surface area (Å²) in [5.74, 6) is 2.45. The predicted octanol–water partition coefficient (Wildman–Crippen LogP) is 3.76. The number of carbonyl (C=O) groups is 1. The van der Waals surface area contributed by atoms with Crippen molar-refractivity contribution in [2.75, 3.05) is 6.54 Å². The van der Waals surface area contributed by atoms with Crippen molar-refractivity contribution in [2.45, 2.75) is 71.6 Å². The average Bonchev–Trinajstić information content (AvgIpc) is 3.08. The maximum Gasteiger partial charge on any atom is 0.407 e. The van der Waals surface area contributed by atoms with E-state index in [4.69, 9.17) is 9.15 Å². The molecule has 23 heavy (non-hydrogen) atoms. The van der Waals surface area contributed by atoms with Crippen LogP contribution in [0.15, 0.2) is 16.5 Å². The molecular formula is C18H30N2O3. The summed E-state index contributed by atoms with van der Waals surface area (Å²) in [6.45, 7) is 8.84. The van der Waals surface area contributed by atoms with Gasteiger partial charge in [-0.3, -0.25) is 0 Å².